The third kappa shape index (κ3) is 4.50. The Bertz CT molecular complexity index is 192. The largest absolute Gasteiger partial charge is 0.464 e. The molecule has 1 aliphatic rings. The van der Waals surface area contributed by atoms with Crippen LogP contribution >= 0.6 is 0 Å². The first-order valence-corrected chi connectivity index (χ1v) is 4.83. The minimum Gasteiger partial charge on any atom is -0.464 e. The molecule has 0 aromatic rings. The highest BCUT2D eigenvalue weighted by atomic mass is 16.4. The van der Waals surface area contributed by atoms with Gasteiger partial charge in [-0.3, -0.25) is 0 Å². The fraction of sp³-hybridized carbons (Fsp3) is 0.778. The highest BCUT2D eigenvalue weighted by molar-refractivity contribution is 5.85. The molecular formula is C9H16N2O2. The Kier molecular flexibility index (Phi) is 4.29. The molecule has 4 heteroatoms. The zero-order valence-electron chi connectivity index (χ0n) is 7.75. The summed E-state index contributed by atoms with van der Waals surface area (Å²) >= 11 is 0. The molecule has 0 aromatic carbocycles. The quantitative estimate of drug-likeness (QED) is 0.614. The van der Waals surface area contributed by atoms with Crippen molar-refractivity contribution >= 4 is 11.8 Å². The number of hydrazone groups is 1. The molecule has 0 spiro atoms. The van der Waals surface area contributed by atoms with Gasteiger partial charge >= 0.3 is 6.09 Å². The monoisotopic (exact) mass is 184 g/mol. The number of rotatable bonds is 1. The van der Waals surface area contributed by atoms with Crippen LogP contribution in [-0.4, -0.2) is 16.9 Å². The van der Waals surface area contributed by atoms with Crippen molar-refractivity contribution in [2.75, 3.05) is 0 Å². The fourth-order valence-electron chi connectivity index (χ4n) is 1.55. The number of nitrogens with zero attached hydrogens (tertiary/aromatic N) is 1. The molecular weight excluding hydrogens is 168 g/mol. The van der Waals surface area contributed by atoms with E-state index in [-0.39, 0.29) is 0 Å². The summed E-state index contributed by atoms with van der Waals surface area (Å²) in [7, 11) is 0. The van der Waals surface area contributed by atoms with E-state index in [4.69, 9.17) is 5.11 Å². The lowest BCUT2D eigenvalue weighted by Gasteiger charge is -2.10. The van der Waals surface area contributed by atoms with Gasteiger partial charge in [-0.2, -0.15) is 5.10 Å². The minimum atomic E-state index is -1.07. The molecule has 0 bridgehead atoms. The average molecular weight is 184 g/mol. The van der Waals surface area contributed by atoms with Crippen molar-refractivity contribution < 1.29 is 9.90 Å². The van der Waals surface area contributed by atoms with Crippen molar-refractivity contribution in [1.82, 2.24) is 5.43 Å². The average Bonchev–Trinajstić information content (AvgIpc) is 2.01. The van der Waals surface area contributed by atoms with Gasteiger partial charge in [-0.1, -0.05) is 19.3 Å². The van der Waals surface area contributed by atoms with Crippen molar-refractivity contribution in [2.24, 2.45) is 5.10 Å². The Morgan fingerprint density at radius 3 is 2.23 bits per heavy atom. The summed E-state index contributed by atoms with van der Waals surface area (Å²) in [5.41, 5.74) is 3.07. The number of hydrogen-bond donors (Lipinski definition) is 2. The molecule has 1 amide bonds. The molecule has 1 rings (SSSR count). The van der Waals surface area contributed by atoms with Gasteiger partial charge in [0, 0.05) is 5.71 Å². The third-order valence-corrected chi connectivity index (χ3v) is 2.24. The summed E-state index contributed by atoms with van der Waals surface area (Å²) in [6, 6.07) is 0. The van der Waals surface area contributed by atoms with Crippen LogP contribution in [0.25, 0.3) is 0 Å². The molecule has 74 valence electrons. The van der Waals surface area contributed by atoms with Crippen LogP contribution in [-0.2, 0) is 0 Å². The van der Waals surface area contributed by atoms with Gasteiger partial charge in [-0.15, -0.1) is 0 Å². The van der Waals surface area contributed by atoms with Crippen LogP contribution in [0.4, 0.5) is 4.79 Å². The number of hydrogen-bond acceptors (Lipinski definition) is 2. The molecule has 0 atom stereocenters. The summed E-state index contributed by atoms with van der Waals surface area (Å²) in [6.45, 7) is 0. The summed E-state index contributed by atoms with van der Waals surface area (Å²) < 4.78 is 0. The molecule has 0 unspecified atom stereocenters. The molecule has 1 aliphatic carbocycles. The molecule has 1 fully saturated rings. The maximum Gasteiger partial charge on any atom is 0.425 e. The van der Waals surface area contributed by atoms with Gasteiger partial charge in [0.05, 0.1) is 0 Å². The molecule has 13 heavy (non-hydrogen) atoms. The first-order chi connectivity index (χ1) is 6.29. The molecule has 0 aliphatic heterocycles. The van der Waals surface area contributed by atoms with Crippen molar-refractivity contribution in [1.29, 1.82) is 0 Å². The Balaban J connectivity index is 2.36. The van der Waals surface area contributed by atoms with Crippen LogP contribution in [0.3, 0.4) is 0 Å². The number of amides is 1. The lowest BCUT2D eigenvalue weighted by atomic mass is 9.99. The highest BCUT2D eigenvalue weighted by Gasteiger charge is 2.04. The second kappa shape index (κ2) is 5.56. The fourth-order valence-corrected chi connectivity index (χ4v) is 1.55. The van der Waals surface area contributed by atoms with Crippen LogP contribution in [0.2, 0.25) is 0 Å². The van der Waals surface area contributed by atoms with E-state index in [0.29, 0.717) is 0 Å². The Morgan fingerprint density at radius 2 is 1.69 bits per heavy atom. The van der Waals surface area contributed by atoms with Crippen LogP contribution in [0.5, 0.6) is 0 Å². The van der Waals surface area contributed by atoms with E-state index in [1.165, 1.54) is 19.3 Å². The second-order valence-electron chi connectivity index (χ2n) is 3.36. The molecule has 1 saturated carbocycles. The Hall–Kier alpha value is -1.06. The van der Waals surface area contributed by atoms with E-state index < -0.39 is 6.09 Å². The molecule has 0 aromatic heterocycles. The number of carbonyl (C=O) groups is 1. The Labute approximate surface area is 78.0 Å². The van der Waals surface area contributed by atoms with Gasteiger partial charge in [0.1, 0.15) is 0 Å². The van der Waals surface area contributed by atoms with Crippen LogP contribution in [0.1, 0.15) is 44.9 Å². The van der Waals surface area contributed by atoms with Crippen LogP contribution in [0.15, 0.2) is 5.10 Å². The first kappa shape index (κ1) is 10.0. The topological polar surface area (TPSA) is 61.7 Å². The summed E-state index contributed by atoms with van der Waals surface area (Å²) in [4.78, 5) is 10.2. The smallest absolute Gasteiger partial charge is 0.425 e. The van der Waals surface area contributed by atoms with Crippen LogP contribution in [0, 0.1) is 0 Å². The normalized spacial score (nSPS) is 18.6. The van der Waals surface area contributed by atoms with E-state index in [0.717, 1.165) is 31.4 Å². The van der Waals surface area contributed by atoms with E-state index in [1.807, 2.05) is 0 Å². The minimum absolute atomic E-state index is 0.945. The van der Waals surface area contributed by atoms with Gasteiger partial charge in [-0.25, -0.2) is 10.2 Å². The molecule has 4 nitrogen and oxygen atoms in total. The molecule has 0 saturated heterocycles. The zero-order valence-corrected chi connectivity index (χ0v) is 7.75. The molecule has 2 N–H and O–H groups in total. The van der Waals surface area contributed by atoms with Gasteiger partial charge in [0.25, 0.3) is 0 Å². The zero-order chi connectivity index (χ0) is 9.52. The predicted octanol–water partition coefficient (Wildman–Crippen LogP) is 2.35. The van der Waals surface area contributed by atoms with E-state index in [9.17, 15) is 4.79 Å². The van der Waals surface area contributed by atoms with Gasteiger partial charge in [-0.05, 0) is 25.7 Å². The van der Waals surface area contributed by atoms with E-state index >= 15 is 0 Å². The highest BCUT2D eigenvalue weighted by Crippen LogP contribution is 2.14. The van der Waals surface area contributed by atoms with Crippen LogP contribution < -0.4 is 5.43 Å². The summed E-state index contributed by atoms with van der Waals surface area (Å²) in [6.07, 6.45) is 6.88. The molecule has 0 radical (unpaired) electrons. The molecule has 0 heterocycles. The first-order valence-electron chi connectivity index (χ1n) is 4.83. The van der Waals surface area contributed by atoms with Crippen molar-refractivity contribution in [3.63, 3.8) is 0 Å². The third-order valence-electron chi connectivity index (χ3n) is 2.24. The number of carboxylic acid groups (broad SMARTS) is 1. The van der Waals surface area contributed by atoms with Gasteiger partial charge in [0.15, 0.2) is 0 Å². The lowest BCUT2D eigenvalue weighted by molar-refractivity contribution is 0.195. The van der Waals surface area contributed by atoms with Crippen molar-refractivity contribution in [3.8, 4) is 0 Å². The SMILES string of the molecule is O=C(O)NN=C1CCCCCCC1. The van der Waals surface area contributed by atoms with Gasteiger partial charge < -0.3 is 5.11 Å². The maximum absolute atomic E-state index is 10.2. The lowest BCUT2D eigenvalue weighted by Crippen LogP contribution is -2.17. The maximum atomic E-state index is 10.2. The Morgan fingerprint density at radius 1 is 1.15 bits per heavy atom. The second-order valence-corrected chi connectivity index (χ2v) is 3.36. The van der Waals surface area contributed by atoms with E-state index in [2.05, 4.69) is 10.5 Å². The summed E-state index contributed by atoms with van der Waals surface area (Å²) in [5.74, 6) is 0. The van der Waals surface area contributed by atoms with Crippen molar-refractivity contribution in [3.05, 3.63) is 0 Å². The number of nitrogens with one attached hydrogen (secondary N) is 1. The van der Waals surface area contributed by atoms with Gasteiger partial charge in [0.2, 0.25) is 0 Å². The summed E-state index contributed by atoms with van der Waals surface area (Å²) in [5, 5.41) is 12.2. The predicted molar refractivity (Wildman–Crippen MR) is 50.9 cm³/mol. The van der Waals surface area contributed by atoms with E-state index in [1.54, 1.807) is 0 Å². The van der Waals surface area contributed by atoms with Crippen molar-refractivity contribution in [2.45, 2.75) is 44.9 Å². The standard InChI is InChI=1S/C9H16N2O2/c12-9(13)11-10-8-6-4-2-1-3-5-7-8/h11H,1-7H2,(H,12,13).